The first-order valence-electron chi connectivity index (χ1n) is 8.11. The van der Waals surface area contributed by atoms with Gasteiger partial charge in [-0.2, -0.15) is 0 Å². The zero-order valence-electron chi connectivity index (χ0n) is 13.2. The molecule has 2 N–H and O–H groups in total. The maximum absolute atomic E-state index is 12.4. The van der Waals surface area contributed by atoms with Crippen molar-refractivity contribution >= 4 is 40.5 Å². The first-order valence-corrected chi connectivity index (χ1v) is 8.86. The molecule has 126 valence electrons. The van der Waals surface area contributed by atoms with Gasteiger partial charge in [-0.3, -0.25) is 9.78 Å². The minimum Gasteiger partial charge on any atom is -0.382 e. The van der Waals surface area contributed by atoms with E-state index in [4.69, 9.17) is 23.2 Å². The topological polar surface area (TPSA) is 54.0 Å². The van der Waals surface area contributed by atoms with Gasteiger partial charge >= 0.3 is 0 Å². The smallest absolute Gasteiger partial charge is 0.274 e. The van der Waals surface area contributed by atoms with Crippen LogP contribution in [0.5, 0.6) is 0 Å². The van der Waals surface area contributed by atoms with Crippen LogP contribution < -0.4 is 10.6 Å². The summed E-state index contributed by atoms with van der Waals surface area (Å²) in [6, 6.07) is 9.06. The lowest BCUT2D eigenvalue weighted by molar-refractivity contribution is 0.102. The molecule has 0 bridgehead atoms. The van der Waals surface area contributed by atoms with Crippen molar-refractivity contribution in [3.63, 3.8) is 0 Å². The fourth-order valence-electron chi connectivity index (χ4n) is 2.91. The van der Waals surface area contributed by atoms with Gasteiger partial charge in [0, 0.05) is 22.9 Å². The van der Waals surface area contributed by atoms with Gasteiger partial charge in [0.2, 0.25) is 0 Å². The highest BCUT2D eigenvalue weighted by Crippen LogP contribution is 2.26. The van der Waals surface area contributed by atoms with Gasteiger partial charge < -0.3 is 10.6 Å². The van der Waals surface area contributed by atoms with Crippen LogP contribution in [0.15, 0.2) is 36.5 Å². The van der Waals surface area contributed by atoms with Crippen molar-refractivity contribution in [2.45, 2.75) is 38.1 Å². The van der Waals surface area contributed by atoms with Crippen molar-refractivity contribution < 1.29 is 4.79 Å². The van der Waals surface area contributed by atoms with Crippen LogP contribution in [0.25, 0.3) is 0 Å². The average molecular weight is 364 g/mol. The van der Waals surface area contributed by atoms with Crippen molar-refractivity contribution in [1.29, 1.82) is 0 Å². The Morgan fingerprint density at radius 1 is 1.08 bits per heavy atom. The number of halogens is 2. The molecule has 1 amide bonds. The van der Waals surface area contributed by atoms with E-state index in [0.717, 1.165) is 5.69 Å². The summed E-state index contributed by atoms with van der Waals surface area (Å²) in [5.41, 5.74) is 1.73. The Labute approximate surface area is 151 Å². The van der Waals surface area contributed by atoms with Gasteiger partial charge in [-0.25, -0.2) is 0 Å². The number of nitrogens with one attached hydrogen (secondary N) is 2. The summed E-state index contributed by atoms with van der Waals surface area (Å²) in [7, 11) is 0. The highest BCUT2D eigenvalue weighted by Gasteiger charge is 2.15. The quantitative estimate of drug-likeness (QED) is 0.765. The number of carbonyl (C=O) groups is 1. The molecule has 1 aliphatic rings. The molecule has 1 saturated carbocycles. The summed E-state index contributed by atoms with van der Waals surface area (Å²) in [6.45, 7) is 0. The van der Waals surface area contributed by atoms with Crippen LogP contribution >= 0.6 is 23.2 Å². The predicted octanol–water partition coefficient (Wildman–Crippen LogP) is 5.39. The summed E-state index contributed by atoms with van der Waals surface area (Å²) < 4.78 is 0. The number of amides is 1. The number of rotatable bonds is 4. The highest BCUT2D eigenvalue weighted by molar-refractivity contribution is 6.35. The lowest BCUT2D eigenvalue weighted by Crippen LogP contribution is -2.22. The standard InChI is InChI=1S/C18H19Cl2N3O/c19-12-6-7-15(20)16(10-12)23-18(24)17-11-14(8-9-21-17)22-13-4-2-1-3-5-13/h6-11,13H,1-5H2,(H,21,22)(H,23,24). The molecule has 1 aromatic heterocycles. The number of aromatic nitrogens is 1. The van der Waals surface area contributed by atoms with E-state index in [2.05, 4.69) is 15.6 Å². The van der Waals surface area contributed by atoms with Crippen LogP contribution in [0.2, 0.25) is 10.0 Å². The van der Waals surface area contributed by atoms with Crippen LogP contribution in [-0.2, 0) is 0 Å². The molecule has 1 aliphatic carbocycles. The summed E-state index contributed by atoms with van der Waals surface area (Å²) in [4.78, 5) is 16.6. The monoisotopic (exact) mass is 363 g/mol. The normalized spacial score (nSPS) is 15.1. The molecule has 24 heavy (non-hydrogen) atoms. The largest absolute Gasteiger partial charge is 0.382 e. The molecule has 4 nitrogen and oxygen atoms in total. The SMILES string of the molecule is O=C(Nc1cc(Cl)ccc1Cl)c1cc(NC2CCCCC2)ccn1. The van der Waals surface area contributed by atoms with Crippen LogP contribution in [-0.4, -0.2) is 16.9 Å². The number of carbonyl (C=O) groups excluding carboxylic acids is 1. The Kier molecular flexibility index (Phi) is 5.59. The van der Waals surface area contributed by atoms with Gasteiger partial charge in [0.15, 0.2) is 0 Å². The first-order chi connectivity index (χ1) is 11.6. The van der Waals surface area contributed by atoms with E-state index < -0.39 is 0 Å². The van der Waals surface area contributed by atoms with Crippen molar-refractivity contribution in [2.24, 2.45) is 0 Å². The lowest BCUT2D eigenvalue weighted by Gasteiger charge is -2.23. The van der Waals surface area contributed by atoms with Crippen molar-refractivity contribution in [1.82, 2.24) is 4.98 Å². The number of nitrogens with zero attached hydrogens (tertiary/aromatic N) is 1. The third-order valence-electron chi connectivity index (χ3n) is 4.15. The second-order valence-corrected chi connectivity index (χ2v) is 6.83. The van der Waals surface area contributed by atoms with E-state index in [1.165, 1.54) is 32.1 Å². The van der Waals surface area contributed by atoms with Gasteiger partial charge in [0.1, 0.15) is 5.69 Å². The molecule has 0 aliphatic heterocycles. The third-order valence-corrected chi connectivity index (χ3v) is 4.71. The number of anilines is 2. The number of hydrogen-bond donors (Lipinski definition) is 2. The molecule has 0 spiro atoms. The molecule has 1 heterocycles. The molecular formula is C18H19Cl2N3O. The van der Waals surface area contributed by atoms with E-state index in [0.29, 0.717) is 27.5 Å². The van der Waals surface area contributed by atoms with Crippen LogP contribution in [0.3, 0.4) is 0 Å². The summed E-state index contributed by atoms with van der Waals surface area (Å²) in [5, 5.41) is 7.19. The van der Waals surface area contributed by atoms with E-state index in [-0.39, 0.29) is 5.91 Å². The van der Waals surface area contributed by atoms with Gasteiger partial charge in [0.05, 0.1) is 10.7 Å². The minimum atomic E-state index is -0.313. The Morgan fingerprint density at radius 2 is 1.88 bits per heavy atom. The second kappa shape index (κ2) is 7.86. The number of benzene rings is 1. The summed E-state index contributed by atoms with van der Waals surface area (Å²) >= 11 is 12.0. The molecule has 1 aromatic carbocycles. The van der Waals surface area contributed by atoms with Crippen LogP contribution in [0.1, 0.15) is 42.6 Å². The Bertz CT molecular complexity index is 730. The molecule has 2 aromatic rings. The highest BCUT2D eigenvalue weighted by atomic mass is 35.5. The molecule has 3 rings (SSSR count). The van der Waals surface area contributed by atoms with Crippen molar-refractivity contribution in [3.8, 4) is 0 Å². The molecule has 1 fully saturated rings. The number of pyridine rings is 1. The lowest BCUT2D eigenvalue weighted by atomic mass is 9.95. The van der Waals surface area contributed by atoms with E-state index in [1.807, 2.05) is 6.07 Å². The maximum atomic E-state index is 12.4. The van der Waals surface area contributed by atoms with E-state index in [1.54, 1.807) is 30.5 Å². The average Bonchev–Trinajstić information content (AvgIpc) is 2.59. The number of hydrogen-bond acceptors (Lipinski definition) is 3. The molecular weight excluding hydrogens is 345 g/mol. The first kappa shape index (κ1) is 17.1. The Hall–Kier alpha value is -1.78. The summed E-state index contributed by atoms with van der Waals surface area (Å²) in [5.74, 6) is -0.313. The van der Waals surface area contributed by atoms with Gasteiger partial charge in [-0.1, -0.05) is 42.5 Å². The van der Waals surface area contributed by atoms with E-state index >= 15 is 0 Å². The van der Waals surface area contributed by atoms with Crippen molar-refractivity contribution in [2.75, 3.05) is 10.6 Å². The third kappa shape index (κ3) is 4.40. The predicted molar refractivity (Wildman–Crippen MR) is 99.1 cm³/mol. The van der Waals surface area contributed by atoms with Crippen LogP contribution in [0.4, 0.5) is 11.4 Å². The molecule has 0 radical (unpaired) electrons. The fourth-order valence-corrected chi connectivity index (χ4v) is 3.24. The second-order valence-electron chi connectivity index (χ2n) is 5.99. The summed E-state index contributed by atoms with van der Waals surface area (Å²) in [6.07, 6.45) is 7.79. The van der Waals surface area contributed by atoms with Crippen molar-refractivity contribution in [3.05, 3.63) is 52.3 Å². The van der Waals surface area contributed by atoms with Gasteiger partial charge in [-0.05, 0) is 43.2 Å². The molecule has 6 heteroatoms. The molecule has 0 saturated heterocycles. The fraction of sp³-hybridized carbons (Fsp3) is 0.333. The molecule has 0 unspecified atom stereocenters. The maximum Gasteiger partial charge on any atom is 0.274 e. The zero-order chi connectivity index (χ0) is 16.9. The zero-order valence-corrected chi connectivity index (χ0v) is 14.7. The minimum absolute atomic E-state index is 0.313. The Balaban J connectivity index is 1.70. The molecule has 0 atom stereocenters. The van der Waals surface area contributed by atoms with Crippen LogP contribution in [0, 0.1) is 0 Å². The van der Waals surface area contributed by atoms with Gasteiger partial charge in [-0.15, -0.1) is 0 Å². The van der Waals surface area contributed by atoms with E-state index in [9.17, 15) is 4.79 Å². The Morgan fingerprint density at radius 3 is 2.67 bits per heavy atom. The van der Waals surface area contributed by atoms with Gasteiger partial charge in [0.25, 0.3) is 5.91 Å².